The van der Waals surface area contributed by atoms with E-state index in [9.17, 15) is 14.4 Å². The Morgan fingerprint density at radius 1 is 0.304 bits per heavy atom. The van der Waals surface area contributed by atoms with Crippen LogP contribution in [0.25, 0.3) is 0 Å². The molecule has 0 aliphatic heterocycles. The van der Waals surface area contributed by atoms with Gasteiger partial charge in [0, 0.05) is 19.3 Å². The fraction of sp³-hybridized carbons (Fsp3) is 0.730. The molecule has 0 bridgehead atoms. The van der Waals surface area contributed by atoms with Crippen molar-refractivity contribution in [1.29, 1.82) is 0 Å². The number of carbonyl (C=O) groups excluding carboxylic acids is 3. The SMILES string of the molecule is CC/C=C\C/C=C\C/C=C\C/C=C\C/C=C\CCCCCC(=O)OC[C@@H](COC(=O)CCCCCCCCCCCCCCC)OC(=O)CCCCCCCCCCC/C=C\C/C=C\CCCCC. The summed E-state index contributed by atoms with van der Waals surface area (Å²) >= 11 is 0. The Hall–Kier alpha value is -3.41. The maximum absolute atomic E-state index is 12.9. The number of esters is 3. The summed E-state index contributed by atoms with van der Waals surface area (Å²) in [5.41, 5.74) is 0. The molecule has 0 amide bonds. The monoisotopic (exact) mass is 961 g/mol. The smallest absolute Gasteiger partial charge is 0.306 e. The number of hydrogen-bond donors (Lipinski definition) is 0. The number of hydrogen-bond acceptors (Lipinski definition) is 6. The van der Waals surface area contributed by atoms with Gasteiger partial charge in [-0.05, 0) is 96.3 Å². The fourth-order valence-corrected chi connectivity index (χ4v) is 8.03. The van der Waals surface area contributed by atoms with Gasteiger partial charge in [0.25, 0.3) is 0 Å². The predicted molar refractivity (Wildman–Crippen MR) is 297 cm³/mol. The molecule has 0 saturated carbocycles. The molecule has 0 aromatic heterocycles. The molecule has 0 fully saturated rings. The highest BCUT2D eigenvalue weighted by Crippen LogP contribution is 2.15. The van der Waals surface area contributed by atoms with Gasteiger partial charge in [-0.15, -0.1) is 0 Å². The van der Waals surface area contributed by atoms with Crippen molar-refractivity contribution in [3.8, 4) is 0 Å². The van der Waals surface area contributed by atoms with Gasteiger partial charge >= 0.3 is 17.9 Å². The molecule has 1 atom stereocenters. The molecular formula is C63H108O6. The van der Waals surface area contributed by atoms with Gasteiger partial charge in [0.1, 0.15) is 13.2 Å². The van der Waals surface area contributed by atoms with Crippen LogP contribution in [-0.2, 0) is 28.6 Å². The van der Waals surface area contributed by atoms with Crippen LogP contribution in [0.5, 0.6) is 0 Å². The van der Waals surface area contributed by atoms with E-state index in [-0.39, 0.29) is 31.1 Å². The first-order valence-corrected chi connectivity index (χ1v) is 29.1. The van der Waals surface area contributed by atoms with Crippen LogP contribution in [-0.4, -0.2) is 37.2 Å². The topological polar surface area (TPSA) is 78.9 Å². The third-order valence-corrected chi connectivity index (χ3v) is 12.4. The predicted octanol–water partition coefficient (Wildman–Crippen LogP) is 19.5. The Balaban J connectivity index is 4.43. The van der Waals surface area contributed by atoms with Gasteiger partial charge in [-0.3, -0.25) is 14.4 Å². The molecule has 0 unspecified atom stereocenters. The minimum Gasteiger partial charge on any atom is -0.462 e. The molecule has 0 spiro atoms. The molecular weight excluding hydrogens is 853 g/mol. The van der Waals surface area contributed by atoms with Crippen molar-refractivity contribution in [3.63, 3.8) is 0 Å². The number of rotatable bonds is 52. The quantitative estimate of drug-likeness (QED) is 0.0262. The molecule has 0 aliphatic rings. The highest BCUT2D eigenvalue weighted by molar-refractivity contribution is 5.71. The van der Waals surface area contributed by atoms with E-state index in [0.717, 1.165) is 103 Å². The molecule has 0 rings (SSSR count). The third kappa shape index (κ3) is 55.4. The molecule has 0 aliphatic carbocycles. The zero-order valence-electron chi connectivity index (χ0n) is 45.3. The van der Waals surface area contributed by atoms with Crippen LogP contribution < -0.4 is 0 Å². The lowest BCUT2D eigenvalue weighted by Gasteiger charge is -2.18. The van der Waals surface area contributed by atoms with E-state index in [1.807, 2.05) is 0 Å². The molecule has 0 N–H and O–H groups in total. The van der Waals surface area contributed by atoms with Crippen molar-refractivity contribution in [3.05, 3.63) is 85.1 Å². The van der Waals surface area contributed by atoms with E-state index < -0.39 is 6.10 Å². The van der Waals surface area contributed by atoms with Crippen LogP contribution in [0.15, 0.2) is 85.1 Å². The lowest BCUT2D eigenvalue weighted by Crippen LogP contribution is -2.30. The maximum Gasteiger partial charge on any atom is 0.306 e. The first-order valence-electron chi connectivity index (χ1n) is 29.1. The Labute approximate surface area is 426 Å². The van der Waals surface area contributed by atoms with Crippen LogP contribution >= 0.6 is 0 Å². The lowest BCUT2D eigenvalue weighted by atomic mass is 10.0. The van der Waals surface area contributed by atoms with E-state index >= 15 is 0 Å². The summed E-state index contributed by atoms with van der Waals surface area (Å²) in [5.74, 6) is -0.917. The Kier molecular flexibility index (Phi) is 54.3. The van der Waals surface area contributed by atoms with Crippen LogP contribution in [0.3, 0.4) is 0 Å². The second-order valence-electron chi connectivity index (χ2n) is 19.2. The molecule has 0 heterocycles. The zero-order chi connectivity index (χ0) is 50.0. The summed E-state index contributed by atoms with van der Waals surface area (Å²) < 4.78 is 16.9. The number of ether oxygens (including phenoxy) is 3. The standard InChI is InChI=1S/C63H108O6/c1-4-7-10-13-16-19-22-25-27-29-31-33-35-38-41-44-47-50-53-56-62(65)68-59-60(58-67-61(64)55-52-49-46-43-40-37-24-21-18-15-12-9-6-3)69-63(66)57-54-51-48-45-42-39-36-34-32-30-28-26-23-20-17-14-11-8-5-2/h7,10,16-17,19-20,25-28,31,33,38,41,60H,4-6,8-9,11-15,18,21-24,29-30,32,34-37,39-40,42-59H2,1-3H3/b10-7-,19-16-,20-17-,27-25-,28-26-,33-31-,41-38-/t60-/m1/s1. The van der Waals surface area contributed by atoms with Crippen LogP contribution in [0.4, 0.5) is 0 Å². The molecule has 0 aromatic carbocycles. The largest absolute Gasteiger partial charge is 0.462 e. The Bertz CT molecular complexity index is 1330. The highest BCUT2D eigenvalue weighted by Gasteiger charge is 2.19. The average molecular weight is 962 g/mol. The minimum atomic E-state index is -0.792. The van der Waals surface area contributed by atoms with Gasteiger partial charge < -0.3 is 14.2 Å². The van der Waals surface area contributed by atoms with Crippen molar-refractivity contribution < 1.29 is 28.6 Å². The van der Waals surface area contributed by atoms with Crippen molar-refractivity contribution in [2.24, 2.45) is 0 Å². The van der Waals surface area contributed by atoms with Crippen molar-refractivity contribution >= 4 is 17.9 Å². The van der Waals surface area contributed by atoms with Crippen molar-refractivity contribution in [1.82, 2.24) is 0 Å². The summed E-state index contributed by atoms with van der Waals surface area (Å²) in [6.07, 6.45) is 74.2. The minimum absolute atomic E-state index is 0.0869. The highest BCUT2D eigenvalue weighted by atomic mass is 16.6. The van der Waals surface area contributed by atoms with Crippen molar-refractivity contribution in [2.75, 3.05) is 13.2 Å². The molecule has 6 heteroatoms. The van der Waals surface area contributed by atoms with E-state index in [1.54, 1.807) is 0 Å². The molecule has 69 heavy (non-hydrogen) atoms. The summed E-state index contributed by atoms with van der Waals surface area (Å²) in [4.78, 5) is 38.2. The second kappa shape index (κ2) is 57.2. The van der Waals surface area contributed by atoms with Gasteiger partial charge in [0.15, 0.2) is 6.10 Å². The summed E-state index contributed by atoms with van der Waals surface area (Å²) in [6, 6.07) is 0. The van der Waals surface area contributed by atoms with Crippen molar-refractivity contribution in [2.45, 2.75) is 284 Å². The van der Waals surface area contributed by atoms with Gasteiger partial charge in [-0.25, -0.2) is 0 Å². The third-order valence-electron chi connectivity index (χ3n) is 12.4. The summed E-state index contributed by atoms with van der Waals surface area (Å²) in [7, 11) is 0. The van der Waals surface area contributed by atoms with E-state index in [4.69, 9.17) is 14.2 Å². The molecule has 396 valence electrons. The zero-order valence-corrected chi connectivity index (χ0v) is 45.3. The van der Waals surface area contributed by atoms with Gasteiger partial charge in [0.05, 0.1) is 0 Å². The first kappa shape index (κ1) is 65.6. The Morgan fingerprint density at radius 2 is 0.565 bits per heavy atom. The van der Waals surface area contributed by atoms with Crippen LogP contribution in [0.1, 0.15) is 278 Å². The molecule has 6 nitrogen and oxygen atoms in total. The molecule has 0 aromatic rings. The van der Waals surface area contributed by atoms with Gasteiger partial charge in [-0.1, -0.05) is 247 Å². The van der Waals surface area contributed by atoms with E-state index in [1.165, 1.54) is 135 Å². The fourth-order valence-electron chi connectivity index (χ4n) is 8.03. The maximum atomic E-state index is 12.9. The van der Waals surface area contributed by atoms with E-state index in [0.29, 0.717) is 19.3 Å². The number of unbranched alkanes of at least 4 members (excludes halogenated alkanes) is 27. The van der Waals surface area contributed by atoms with Crippen LogP contribution in [0.2, 0.25) is 0 Å². The van der Waals surface area contributed by atoms with Crippen LogP contribution in [0, 0.1) is 0 Å². The number of carbonyl (C=O) groups is 3. The Morgan fingerprint density at radius 3 is 0.928 bits per heavy atom. The second-order valence-corrected chi connectivity index (χ2v) is 19.2. The normalized spacial score (nSPS) is 12.7. The van der Waals surface area contributed by atoms with Gasteiger partial charge in [-0.2, -0.15) is 0 Å². The molecule has 0 saturated heterocycles. The lowest BCUT2D eigenvalue weighted by molar-refractivity contribution is -0.167. The summed E-state index contributed by atoms with van der Waals surface area (Å²) in [6.45, 7) is 6.49. The summed E-state index contributed by atoms with van der Waals surface area (Å²) in [5, 5.41) is 0. The molecule has 0 radical (unpaired) electrons. The first-order chi connectivity index (χ1) is 34.0. The van der Waals surface area contributed by atoms with Gasteiger partial charge in [0.2, 0.25) is 0 Å². The van der Waals surface area contributed by atoms with E-state index in [2.05, 4.69) is 106 Å². The average Bonchev–Trinajstić information content (AvgIpc) is 3.35. The number of allylic oxidation sites excluding steroid dienone is 14.